The first-order chi connectivity index (χ1) is 56.3. The molecule has 24 nitrogen and oxygen atoms in total. The van der Waals surface area contributed by atoms with Gasteiger partial charge in [-0.2, -0.15) is 0 Å². The van der Waals surface area contributed by atoms with Crippen LogP contribution in [0.15, 0.2) is 95.0 Å². The molecule has 0 radical (unpaired) electrons. The number of aliphatic imine (C=N–C) groups is 2. The van der Waals surface area contributed by atoms with Crippen molar-refractivity contribution in [2.24, 2.45) is 56.0 Å². The first-order valence-corrected chi connectivity index (χ1v) is 43.7. The molecule has 24 heteroatoms. The fourth-order valence-corrected chi connectivity index (χ4v) is 29.2. The van der Waals surface area contributed by atoms with Gasteiger partial charge in [0.05, 0.1) is 48.3 Å². The summed E-state index contributed by atoms with van der Waals surface area (Å²) in [5.74, 6) is 7.34. The zero-order valence-electron chi connectivity index (χ0n) is 70.9. The van der Waals surface area contributed by atoms with Gasteiger partial charge in [-0.05, 0) is 218 Å². The molecule has 0 amide bonds. The molecule has 4 saturated carbocycles. The second-order valence-corrected chi connectivity index (χ2v) is 39.3. The van der Waals surface area contributed by atoms with Crippen molar-refractivity contribution in [3.63, 3.8) is 0 Å². The summed E-state index contributed by atoms with van der Waals surface area (Å²) in [6, 6.07) is 17.4. The molecule has 20 aliphatic rings. The van der Waals surface area contributed by atoms with Gasteiger partial charge in [0.25, 0.3) is 0 Å². The minimum Gasteiger partial charge on any atom is -0.504 e. The van der Waals surface area contributed by atoms with Crippen LogP contribution in [-0.4, -0.2) is 244 Å². The zero-order chi connectivity index (χ0) is 82.9. The first kappa shape index (κ1) is 80.0. The van der Waals surface area contributed by atoms with Crippen molar-refractivity contribution < 1.29 is 68.5 Å². The number of fused-ring (bicyclic) bond motifs is 3. The third-order valence-corrected chi connectivity index (χ3v) is 33.5. The van der Waals surface area contributed by atoms with Crippen molar-refractivity contribution in [3.05, 3.63) is 129 Å². The molecule has 634 valence electrons. The number of methoxy groups -OCH3 is 4. The normalized spacial score (nSPS) is 38.8. The first-order valence-electron chi connectivity index (χ1n) is 43.7. The molecule has 8 aliphatic heterocycles. The molecule has 22 atom stereocenters. The molecular formula is C94H124N10O14. The molecule has 24 rings (SSSR count). The van der Waals surface area contributed by atoms with Crippen molar-refractivity contribution in [2.45, 2.75) is 257 Å². The Bertz CT molecular complexity index is 4910. The summed E-state index contributed by atoms with van der Waals surface area (Å²) in [6.45, 7) is 23.3. The number of nitrogens with one attached hydrogen (secondary N) is 2. The highest BCUT2D eigenvalue weighted by molar-refractivity contribution is 5.80. The third kappa shape index (κ3) is 10.7. The molecule has 12 N–H and O–H groups in total. The number of hydrogen-bond donors (Lipinski definition) is 10. The number of aliphatic hydroxyl groups is 4. The second-order valence-electron chi connectivity index (χ2n) is 39.3. The van der Waals surface area contributed by atoms with E-state index in [0.29, 0.717) is 59.0 Å². The standard InChI is InChI=1S/C27H39N3O4.C25H32N2O4.C21H27N3O3.C21H26N2O3/c1-16(28)29-11-5-12-30-13-10-26-21-17-6-7-18(31)22(21)34-23(26)27(33-4)9-8-25(26,20(30)14-17)15-19(27)24(2,3)32;1-14(26)27-11-10-24-19-15-6-7-16(29-4)20(19)31-21(24)25(30-5)9-8-23(24,18(27)12-15)13-17(25)22(2,3)28;1-12(22)23-8-2-9-24-10-7-21-14-4-6-17(26)20(21)27-19-16(25)5-3-13(18(19)21)11-15(14)24;1-12(22)7-9-23-10-8-21-14-4-5-16(24)20(21)26-19-17(25-2)6-3-13(18(19)21)11-15(14)23/h6-7,19-20,23,31-32H,5,8-15H2,1-4H3,(H2,28,29);6-9,17-18,21,26,28H,10-13H2,1-5H3;3-6,14-15,17,20,25-26H,2,7-11H2,1H3,(H2,22,23);3-6,14-16,20,22,24H,7-11H2,1-2H3/t19?,20-,23-,25?,26+,27-;17?,18-,21-,23?,24+,25-;14?,15-,17+,20+,21+;14?,15-,16+,20+,21+/m1111/s1. The van der Waals surface area contributed by atoms with Crippen LogP contribution in [0, 0.1) is 45.3 Å². The Kier molecular flexibility index (Phi) is 18.9. The van der Waals surface area contributed by atoms with Crippen molar-refractivity contribution in [1.29, 1.82) is 10.8 Å². The Balaban J connectivity index is 0.000000105. The SMILES string of the molecule is CC(N)=NCCCN1CC[C@]23c4c5ccc(O)c4O[C@H]2[C@@H](O)C=CC3[C@H]1C5.CO[C@]12CCC3(CC1C(C)(C)O)[C@H]1Cc4ccc(O)c5c4[C@@]3(CCN1CCCN=C(C)N)[C@H]2O5.COc1ccc2c3c1O[C@@H]1[C@]34CCN(C(C)=N)[C@H](C2)C42C=C[C@@]1(OC)C(C(C)(C)O)C2.COc1ccc2c3c1O[C@H]1[C@@H](O)C=CC4[C@@H](C2)N(CCC(C)=N)CC[C@@]341. The van der Waals surface area contributed by atoms with Crippen LogP contribution in [-0.2, 0) is 56.8 Å². The Morgan fingerprint density at radius 2 is 1.03 bits per heavy atom. The van der Waals surface area contributed by atoms with E-state index >= 15 is 0 Å². The minimum absolute atomic E-state index is 0.0139. The molecule has 6 unspecified atom stereocenters. The van der Waals surface area contributed by atoms with Crippen molar-refractivity contribution in [2.75, 3.05) is 87.3 Å². The summed E-state index contributed by atoms with van der Waals surface area (Å²) in [6.07, 6.45) is 24.6. The van der Waals surface area contributed by atoms with Gasteiger partial charge in [-0.15, -0.1) is 0 Å². The van der Waals surface area contributed by atoms with E-state index in [1.165, 1.54) is 38.9 Å². The predicted octanol–water partition coefficient (Wildman–Crippen LogP) is 9.44. The number of nitrogens with zero attached hydrogens (tertiary/aromatic N) is 6. The van der Waals surface area contributed by atoms with Crippen LogP contribution in [0.5, 0.6) is 46.0 Å². The summed E-state index contributed by atoms with van der Waals surface area (Å²) in [4.78, 5) is 18.8. The van der Waals surface area contributed by atoms with Crippen molar-refractivity contribution >= 4 is 23.2 Å². The van der Waals surface area contributed by atoms with E-state index in [1.54, 1.807) is 40.6 Å². The maximum atomic E-state index is 11.4. The molecule has 118 heavy (non-hydrogen) atoms. The number of phenolic OH excluding ortho intramolecular Hbond substituents is 2. The minimum atomic E-state index is -0.934. The van der Waals surface area contributed by atoms with Gasteiger partial charge in [-0.3, -0.25) is 30.1 Å². The van der Waals surface area contributed by atoms with Crippen LogP contribution in [0.25, 0.3) is 0 Å². The van der Waals surface area contributed by atoms with E-state index < -0.39 is 34.6 Å². The van der Waals surface area contributed by atoms with Crippen LogP contribution < -0.4 is 39.9 Å². The summed E-state index contributed by atoms with van der Waals surface area (Å²) in [7, 11) is 6.92. The van der Waals surface area contributed by atoms with Crippen molar-refractivity contribution in [3.8, 4) is 46.0 Å². The number of phenols is 2. The van der Waals surface area contributed by atoms with Gasteiger partial charge in [0.2, 0.25) is 0 Å². The van der Waals surface area contributed by atoms with Crippen LogP contribution >= 0.6 is 0 Å². The van der Waals surface area contributed by atoms with Crippen LogP contribution in [0.4, 0.5) is 0 Å². The highest BCUT2D eigenvalue weighted by Gasteiger charge is 2.83. The number of hydrogen-bond acceptors (Lipinski definition) is 21. The number of ether oxygens (including phenoxy) is 8. The number of aromatic hydroxyl groups is 2. The largest absolute Gasteiger partial charge is 0.504 e. The average Bonchev–Trinajstić information content (AvgIpc) is 1.30. The lowest BCUT2D eigenvalue weighted by molar-refractivity contribution is -0.300. The van der Waals surface area contributed by atoms with E-state index in [9.17, 15) is 30.6 Å². The Labute approximate surface area is 694 Å². The molecule has 8 fully saturated rings. The zero-order valence-corrected chi connectivity index (χ0v) is 70.9. The molecule has 4 aromatic rings. The van der Waals surface area contributed by atoms with Crippen molar-refractivity contribution in [1.82, 2.24) is 19.6 Å². The third-order valence-electron chi connectivity index (χ3n) is 33.5. The molecule has 0 aromatic heterocycles. The molecule has 8 heterocycles. The van der Waals surface area contributed by atoms with Gasteiger partial charge in [0, 0.05) is 156 Å². The number of benzene rings is 4. The summed E-state index contributed by atoms with van der Waals surface area (Å²) in [5, 5.41) is 81.6. The van der Waals surface area contributed by atoms with Crippen LogP contribution in [0.1, 0.15) is 171 Å². The van der Waals surface area contributed by atoms with Gasteiger partial charge in [0.1, 0.15) is 47.8 Å². The van der Waals surface area contributed by atoms with E-state index in [4.69, 9.17) is 60.2 Å². The summed E-state index contributed by atoms with van der Waals surface area (Å²) >= 11 is 0. The van der Waals surface area contributed by atoms with Crippen LogP contribution in [0.3, 0.4) is 0 Å². The monoisotopic (exact) mass is 1620 g/mol. The number of likely N-dealkylation sites (tertiary alicyclic amines) is 4. The molecule has 12 bridgehead atoms. The fraction of sp³-hybridized carbons (Fsp3) is 0.638. The van der Waals surface area contributed by atoms with Gasteiger partial charge < -0.3 is 90.3 Å². The quantitative estimate of drug-likeness (QED) is 0.0203. The van der Waals surface area contributed by atoms with E-state index in [-0.39, 0.29) is 86.3 Å². The van der Waals surface area contributed by atoms with Gasteiger partial charge in [-0.25, -0.2) is 0 Å². The van der Waals surface area contributed by atoms with Gasteiger partial charge in [0.15, 0.2) is 46.0 Å². The summed E-state index contributed by atoms with van der Waals surface area (Å²) < 4.78 is 50.2. The van der Waals surface area contributed by atoms with Gasteiger partial charge in [-0.1, -0.05) is 60.7 Å². The highest BCUT2D eigenvalue weighted by atomic mass is 16.6. The van der Waals surface area contributed by atoms with E-state index in [1.807, 2.05) is 85.7 Å². The lowest BCUT2D eigenvalue weighted by Gasteiger charge is -2.74. The molecule has 4 saturated heterocycles. The lowest BCUT2D eigenvalue weighted by atomic mass is 9.34. The molecule has 6 spiro atoms. The van der Waals surface area contributed by atoms with Crippen LogP contribution in [0.2, 0.25) is 0 Å². The molecule has 4 aromatic carbocycles. The topological polar surface area (TPSA) is 333 Å². The van der Waals surface area contributed by atoms with E-state index in [0.717, 1.165) is 189 Å². The smallest absolute Gasteiger partial charge is 0.166 e. The molecular weight excluding hydrogens is 1490 g/mol. The Morgan fingerprint density at radius 3 is 1.58 bits per heavy atom. The fourth-order valence-electron chi connectivity index (χ4n) is 29.2. The predicted molar refractivity (Wildman–Crippen MR) is 450 cm³/mol. The molecule has 12 aliphatic carbocycles. The maximum absolute atomic E-state index is 11.4. The number of piperidine rings is 4. The maximum Gasteiger partial charge on any atom is 0.166 e. The number of amidine groups is 3. The lowest BCUT2D eigenvalue weighted by Crippen LogP contribution is -2.82. The summed E-state index contributed by atoms with van der Waals surface area (Å²) in [5.41, 5.74) is 18.2. The number of rotatable bonds is 17. The average molecular weight is 1620 g/mol. The van der Waals surface area contributed by atoms with E-state index in [2.05, 4.69) is 72.1 Å². The Hall–Kier alpha value is -7.78. The highest BCUT2D eigenvalue weighted by Crippen LogP contribution is 2.79. The number of aliphatic hydroxyl groups excluding tert-OH is 2. The van der Waals surface area contributed by atoms with Gasteiger partial charge >= 0.3 is 0 Å². The Morgan fingerprint density at radius 1 is 0.534 bits per heavy atom. The number of nitrogens with two attached hydrogens (primary N) is 2. The second kappa shape index (κ2) is 27.9.